The number of β-amino-alcohol motifs (C(OH)–C–C–N with tert-alkyl or cyclic N) is 1. The second kappa shape index (κ2) is 8.01. The molecule has 0 saturated heterocycles. The summed E-state index contributed by atoms with van der Waals surface area (Å²) in [6.45, 7) is 3.25. The molecule has 0 bridgehead atoms. The SMILES string of the molecule is CCCOc1ccccc1CNC(=O)c1cc2n(n1)CC(O)CNC2=O. The van der Waals surface area contributed by atoms with Crippen LogP contribution in [0.2, 0.25) is 0 Å². The third-order valence-electron chi connectivity index (χ3n) is 4.00. The maximum atomic E-state index is 12.4. The molecular formula is C18H22N4O4. The smallest absolute Gasteiger partial charge is 0.272 e. The zero-order chi connectivity index (χ0) is 18.5. The van der Waals surface area contributed by atoms with Crippen LogP contribution in [0.3, 0.4) is 0 Å². The van der Waals surface area contributed by atoms with Crippen LogP contribution < -0.4 is 15.4 Å². The second-order valence-electron chi connectivity index (χ2n) is 6.10. The van der Waals surface area contributed by atoms with E-state index < -0.39 is 12.0 Å². The minimum atomic E-state index is -0.737. The van der Waals surface area contributed by atoms with Crippen molar-refractivity contribution in [1.29, 1.82) is 0 Å². The number of nitrogens with one attached hydrogen (secondary N) is 2. The normalized spacial score (nSPS) is 16.4. The molecule has 26 heavy (non-hydrogen) atoms. The van der Waals surface area contributed by atoms with Gasteiger partial charge in [0.05, 0.1) is 19.3 Å². The fourth-order valence-corrected chi connectivity index (χ4v) is 2.68. The van der Waals surface area contributed by atoms with E-state index in [9.17, 15) is 14.7 Å². The van der Waals surface area contributed by atoms with E-state index in [-0.39, 0.29) is 36.9 Å². The number of hydrogen-bond donors (Lipinski definition) is 3. The van der Waals surface area contributed by atoms with E-state index in [1.807, 2.05) is 31.2 Å². The Morgan fingerprint density at radius 3 is 3.08 bits per heavy atom. The van der Waals surface area contributed by atoms with Crippen LogP contribution in [0, 0.1) is 0 Å². The molecule has 1 atom stereocenters. The minimum Gasteiger partial charge on any atom is -0.493 e. The predicted octanol–water partition coefficient (Wildman–Crippen LogP) is 0.706. The van der Waals surface area contributed by atoms with E-state index in [0.717, 1.165) is 17.7 Å². The molecule has 8 nitrogen and oxygen atoms in total. The van der Waals surface area contributed by atoms with Crippen LogP contribution >= 0.6 is 0 Å². The van der Waals surface area contributed by atoms with Crippen molar-refractivity contribution in [2.45, 2.75) is 32.5 Å². The number of para-hydroxylation sites is 1. The first-order valence-electron chi connectivity index (χ1n) is 8.61. The standard InChI is InChI=1S/C18H22N4O4/c1-2-7-26-16-6-4-3-5-12(16)9-19-17(24)14-8-15-18(25)20-10-13(23)11-22(15)21-14/h3-6,8,13,23H,2,7,9-11H2,1H3,(H,19,24)(H,20,25). The van der Waals surface area contributed by atoms with Crippen LogP contribution in [0.25, 0.3) is 0 Å². The van der Waals surface area contributed by atoms with Crippen LogP contribution in [0.4, 0.5) is 0 Å². The van der Waals surface area contributed by atoms with Gasteiger partial charge in [-0.25, -0.2) is 0 Å². The fourth-order valence-electron chi connectivity index (χ4n) is 2.68. The first-order chi connectivity index (χ1) is 12.6. The first-order valence-corrected chi connectivity index (χ1v) is 8.61. The molecule has 0 aliphatic carbocycles. The van der Waals surface area contributed by atoms with Gasteiger partial charge in [0.2, 0.25) is 0 Å². The summed E-state index contributed by atoms with van der Waals surface area (Å²) < 4.78 is 7.04. The van der Waals surface area contributed by atoms with Crippen LogP contribution in [-0.2, 0) is 13.1 Å². The lowest BCUT2D eigenvalue weighted by Gasteiger charge is -2.11. The number of ether oxygens (including phenoxy) is 1. The minimum absolute atomic E-state index is 0.135. The zero-order valence-electron chi connectivity index (χ0n) is 14.6. The Kier molecular flexibility index (Phi) is 5.52. The molecule has 1 aliphatic rings. The van der Waals surface area contributed by atoms with Gasteiger partial charge in [0.15, 0.2) is 5.69 Å². The molecule has 0 radical (unpaired) electrons. The Labute approximate surface area is 151 Å². The highest BCUT2D eigenvalue weighted by molar-refractivity contribution is 5.98. The molecular weight excluding hydrogens is 336 g/mol. The van der Waals surface area contributed by atoms with Gasteiger partial charge < -0.3 is 20.5 Å². The molecule has 2 amide bonds. The quantitative estimate of drug-likeness (QED) is 0.705. The lowest BCUT2D eigenvalue weighted by molar-refractivity contribution is 0.0931. The van der Waals surface area contributed by atoms with Gasteiger partial charge in [0.25, 0.3) is 11.8 Å². The number of carbonyl (C=O) groups is 2. The first kappa shape index (κ1) is 17.9. The van der Waals surface area contributed by atoms with Gasteiger partial charge in [-0.1, -0.05) is 25.1 Å². The summed E-state index contributed by atoms with van der Waals surface area (Å²) in [7, 11) is 0. The molecule has 0 fully saturated rings. The van der Waals surface area contributed by atoms with E-state index in [1.165, 1.54) is 10.7 Å². The largest absolute Gasteiger partial charge is 0.493 e. The molecule has 8 heteroatoms. The van der Waals surface area contributed by atoms with Crippen molar-refractivity contribution < 1.29 is 19.4 Å². The summed E-state index contributed by atoms with van der Waals surface area (Å²) in [6.07, 6.45) is 0.160. The highest BCUT2D eigenvalue weighted by atomic mass is 16.5. The van der Waals surface area contributed by atoms with Crippen LogP contribution in [0.1, 0.15) is 39.9 Å². The highest BCUT2D eigenvalue weighted by Crippen LogP contribution is 2.18. The third-order valence-corrected chi connectivity index (χ3v) is 4.00. The lowest BCUT2D eigenvalue weighted by atomic mass is 10.2. The maximum Gasteiger partial charge on any atom is 0.272 e. The third kappa shape index (κ3) is 4.02. The van der Waals surface area contributed by atoms with Gasteiger partial charge >= 0.3 is 0 Å². The van der Waals surface area contributed by atoms with Crippen LogP contribution in [0.5, 0.6) is 5.75 Å². The number of fused-ring (bicyclic) bond motifs is 1. The Morgan fingerprint density at radius 1 is 1.46 bits per heavy atom. The summed E-state index contributed by atoms with van der Waals surface area (Å²) >= 11 is 0. The van der Waals surface area contributed by atoms with Crippen molar-refractivity contribution in [2.75, 3.05) is 13.2 Å². The van der Waals surface area contributed by atoms with E-state index in [0.29, 0.717) is 6.61 Å². The average Bonchev–Trinajstić information content (AvgIpc) is 3.01. The Hall–Kier alpha value is -2.87. The molecule has 2 heterocycles. The molecule has 2 aromatic rings. The molecule has 3 rings (SSSR count). The van der Waals surface area contributed by atoms with Crippen molar-refractivity contribution in [3.8, 4) is 5.75 Å². The zero-order valence-corrected chi connectivity index (χ0v) is 14.6. The van der Waals surface area contributed by atoms with E-state index in [1.54, 1.807) is 0 Å². The Bertz CT molecular complexity index is 802. The van der Waals surface area contributed by atoms with Gasteiger partial charge in [-0.3, -0.25) is 14.3 Å². The van der Waals surface area contributed by atoms with Gasteiger partial charge in [-0.2, -0.15) is 5.10 Å². The van der Waals surface area contributed by atoms with Crippen molar-refractivity contribution in [1.82, 2.24) is 20.4 Å². The fraction of sp³-hybridized carbons (Fsp3) is 0.389. The van der Waals surface area contributed by atoms with Crippen molar-refractivity contribution in [2.24, 2.45) is 0 Å². The van der Waals surface area contributed by atoms with Crippen molar-refractivity contribution >= 4 is 11.8 Å². The summed E-state index contributed by atoms with van der Waals surface area (Å²) in [5.74, 6) is -0.0117. The molecule has 138 valence electrons. The number of aromatic nitrogens is 2. The highest BCUT2D eigenvalue weighted by Gasteiger charge is 2.24. The van der Waals surface area contributed by atoms with Gasteiger partial charge in [0.1, 0.15) is 11.4 Å². The summed E-state index contributed by atoms with van der Waals surface area (Å²) in [5, 5.41) is 19.3. The number of nitrogens with zero attached hydrogens (tertiary/aromatic N) is 2. The molecule has 1 unspecified atom stereocenters. The lowest BCUT2D eigenvalue weighted by Crippen LogP contribution is -2.30. The van der Waals surface area contributed by atoms with Gasteiger partial charge in [0, 0.05) is 24.7 Å². The Balaban J connectivity index is 1.69. The molecule has 1 aromatic carbocycles. The number of hydrogen-bond acceptors (Lipinski definition) is 5. The molecule has 0 spiro atoms. The van der Waals surface area contributed by atoms with Crippen molar-refractivity contribution in [3.05, 3.63) is 47.3 Å². The van der Waals surface area contributed by atoms with Crippen LogP contribution in [-0.4, -0.2) is 46.0 Å². The van der Waals surface area contributed by atoms with Crippen molar-refractivity contribution in [3.63, 3.8) is 0 Å². The molecule has 1 aromatic heterocycles. The number of benzene rings is 1. The monoisotopic (exact) mass is 358 g/mol. The van der Waals surface area contributed by atoms with Crippen LogP contribution in [0.15, 0.2) is 30.3 Å². The number of aliphatic hydroxyl groups is 1. The van der Waals surface area contributed by atoms with Gasteiger partial charge in [-0.05, 0) is 12.5 Å². The number of rotatable bonds is 6. The number of amides is 2. The molecule has 1 aliphatic heterocycles. The molecule has 3 N–H and O–H groups in total. The average molecular weight is 358 g/mol. The topological polar surface area (TPSA) is 105 Å². The van der Waals surface area contributed by atoms with E-state index >= 15 is 0 Å². The summed E-state index contributed by atoms with van der Waals surface area (Å²) in [5.41, 5.74) is 1.26. The number of aliphatic hydroxyl groups excluding tert-OH is 1. The maximum absolute atomic E-state index is 12.4. The second-order valence-corrected chi connectivity index (χ2v) is 6.10. The van der Waals surface area contributed by atoms with Gasteiger partial charge in [-0.15, -0.1) is 0 Å². The summed E-state index contributed by atoms with van der Waals surface area (Å²) in [4.78, 5) is 24.4. The van der Waals surface area contributed by atoms with E-state index in [2.05, 4.69) is 15.7 Å². The predicted molar refractivity (Wildman–Crippen MR) is 94.0 cm³/mol. The molecule has 0 saturated carbocycles. The summed E-state index contributed by atoms with van der Waals surface area (Å²) in [6, 6.07) is 8.94. The number of carbonyl (C=O) groups excluding carboxylic acids is 2. The van der Waals surface area contributed by atoms with E-state index in [4.69, 9.17) is 4.74 Å². The Morgan fingerprint density at radius 2 is 2.27 bits per heavy atom.